The predicted molar refractivity (Wildman–Crippen MR) is 96.5 cm³/mol. The van der Waals surface area contributed by atoms with Gasteiger partial charge in [0.2, 0.25) is 0 Å². The SMILES string of the molecule is CC(C)N(Cc1ccccc1)c1ccc(C(=O)N2CCOCC2)nn1. The zero-order valence-corrected chi connectivity index (χ0v) is 14.8. The molecule has 0 saturated carbocycles. The van der Waals surface area contributed by atoms with Crippen LogP contribution in [-0.2, 0) is 11.3 Å². The first kappa shape index (κ1) is 17.4. The quantitative estimate of drug-likeness (QED) is 0.836. The summed E-state index contributed by atoms with van der Waals surface area (Å²) in [6, 6.07) is 14.2. The molecule has 0 aliphatic carbocycles. The molecule has 0 unspecified atom stereocenters. The number of hydrogen-bond acceptors (Lipinski definition) is 5. The number of carbonyl (C=O) groups excluding carboxylic acids is 1. The van der Waals surface area contributed by atoms with E-state index < -0.39 is 0 Å². The Hall–Kier alpha value is -2.47. The van der Waals surface area contributed by atoms with Crippen molar-refractivity contribution in [1.82, 2.24) is 15.1 Å². The third-order valence-corrected chi connectivity index (χ3v) is 4.28. The van der Waals surface area contributed by atoms with Crippen molar-refractivity contribution in [1.29, 1.82) is 0 Å². The highest BCUT2D eigenvalue weighted by Gasteiger charge is 2.21. The molecule has 0 radical (unpaired) electrons. The van der Waals surface area contributed by atoms with Crippen LogP contribution in [0.5, 0.6) is 0 Å². The number of carbonyl (C=O) groups is 1. The topological polar surface area (TPSA) is 58.6 Å². The lowest BCUT2D eigenvalue weighted by molar-refractivity contribution is 0.0298. The molecular formula is C19H24N4O2. The molecule has 2 aromatic rings. The standard InChI is InChI=1S/C19H24N4O2/c1-15(2)23(14-16-6-4-3-5-7-16)18-9-8-17(20-21-18)19(24)22-10-12-25-13-11-22/h3-9,15H,10-14H2,1-2H3. The van der Waals surface area contributed by atoms with E-state index in [1.165, 1.54) is 5.56 Å². The van der Waals surface area contributed by atoms with Gasteiger partial charge in [-0.1, -0.05) is 30.3 Å². The maximum atomic E-state index is 12.5. The molecule has 2 heterocycles. The van der Waals surface area contributed by atoms with Crippen LogP contribution in [0.4, 0.5) is 5.82 Å². The summed E-state index contributed by atoms with van der Waals surface area (Å²) < 4.78 is 5.28. The fourth-order valence-corrected chi connectivity index (χ4v) is 2.83. The van der Waals surface area contributed by atoms with Crippen LogP contribution in [0.2, 0.25) is 0 Å². The molecule has 132 valence electrons. The summed E-state index contributed by atoms with van der Waals surface area (Å²) in [5, 5.41) is 8.48. The first-order valence-corrected chi connectivity index (χ1v) is 8.66. The number of aromatic nitrogens is 2. The Morgan fingerprint density at radius 2 is 1.84 bits per heavy atom. The number of benzene rings is 1. The van der Waals surface area contributed by atoms with Crippen molar-refractivity contribution in [2.45, 2.75) is 26.4 Å². The van der Waals surface area contributed by atoms with Gasteiger partial charge in [0, 0.05) is 25.7 Å². The van der Waals surface area contributed by atoms with Crippen molar-refractivity contribution in [2.24, 2.45) is 0 Å². The number of anilines is 1. The summed E-state index contributed by atoms with van der Waals surface area (Å²) in [7, 11) is 0. The molecule has 1 aromatic heterocycles. The summed E-state index contributed by atoms with van der Waals surface area (Å²) in [5.41, 5.74) is 1.60. The average Bonchev–Trinajstić information content (AvgIpc) is 2.67. The molecule has 1 aliphatic rings. The molecule has 25 heavy (non-hydrogen) atoms. The molecule has 1 aromatic carbocycles. The van der Waals surface area contributed by atoms with E-state index in [4.69, 9.17) is 4.74 Å². The molecule has 0 atom stereocenters. The molecule has 6 heteroatoms. The lowest BCUT2D eigenvalue weighted by atomic mass is 10.2. The lowest BCUT2D eigenvalue weighted by Gasteiger charge is -2.28. The van der Waals surface area contributed by atoms with Gasteiger partial charge in [0.05, 0.1) is 13.2 Å². The van der Waals surface area contributed by atoms with Crippen LogP contribution in [0.15, 0.2) is 42.5 Å². The highest BCUT2D eigenvalue weighted by Crippen LogP contribution is 2.17. The Balaban J connectivity index is 1.73. The normalized spacial score (nSPS) is 14.6. The molecule has 0 bridgehead atoms. The van der Waals surface area contributed by atoms with Crippen LogP contribution in [0, 0.1) is 0 Å². The van der Waals surface area contributed by atoms with E-state index in [1.807, 2.05) is 24.3 Å². The highest BCUT2D eigenvalue weighted by molar-refractivity contribution is 5.92. The van der Waals surface area contributed by atoms with Crippen molar-refractivity contribution >= 4 is 11.7 Å². The van der Waals surface area contributed by atoms with Gasteiger partial charge in [-0.25, -0.2) is 0 Å². The average molecular weight is 340 g/mol. The van der Waals surface area contributed by atoms with E-state index >= 15 is 0 Å². The molecule has 0 spiro atoms. The summed E-state index contributed by atoms with van der Waals surface area (Å²) in [4.78, 5) is 16.4. The Morgan fingerprint density at radius 1 is 1.12 bits per heavy atom. The largest absolute Gasteiger partial charge is 0.378 e. The Morgan fingerprint density at radius 3 is 2.44 bits per heavy atom. The van der Waals surface area contributed by atoms with E-state index in [0.717, 1.165) is 12.4 Å². The van der Waals surface area contributed by atoms with Crippen LogP contribution >= 0.6 is 0 Å². The van der Waals surface area contributed by atoms with Crippen LogP contribution in [0.1, 0.15) is 29.9 Å². The predicted octanol–water partition coefficient (Wildman–Crippen LogP) is 2.36. The summed E-state index contributed by atoms with van der Waals surface area (Å²) in [5.74, 6) is 0.693. The third kappa shape index (κ3) is 4.33. The van der Waals surface area contributed by atoms with Gasteiger partial charge in [-0.2, -0.15) is 0 Å². The minimum atomic E-state index is -0.0819. The van der Waals surface area contributed by atoms with Crippen molar-refractivity contribution in [3.63, 3.8) is 0 Å². The van der Waals surface area contributed by atoms with Crippen molar-refractivity contribution < 1.29 is 9.53 Å². The number of morpholine rings is 1. The van der Waals surface area contributed by atoms with E-state index in [1.54, 1.807) is 11.0 Å². The van der Waals surface area contributed by atoms with Crippen molar-refractivity contribution in [2.75, 3.05) is 31.2 Å². The molecule has 1 amide bonds. The molecular weight excluding hydrogens is 316 g/mol. The Labute approximate surface area is 148 Å². The van der Waals surface area contributed by atoms with Gasteiger partial charge in [0.25, 0.3) is 5.91 Å². The van der Waals surface area contributed by atoms with Gasteiger partial charge < -0.3 is 14.5 Å². The highest BCUT2D eigenvalue weighted by atomic mass is 16.5. The first-order chi connectivity index (χ1) is 12.1. The first-order valence-electron chi connectivity index (χ1n) is 8.66. The second-order valence-electron chi connectivity index (χ2n) is 6.39. The van der Waals surface area contributed by atoms with Gasteiger partial charge in [-0.05, 0) is 31.5 Å². The molecule has 1 saturated heterocycles. The van der Waals surface area contributed by atoms with Gasteiger partial charge in [-0.3, -0.25) is 4.79 Å². The fourth-order valence-electron chi connectivity index (χ4n) is 2.83. The maximum absolute atomic E-state index is 12.5. The molecule has 3 rings (SSSR count). The minimum Gasteiger partial charge on any atom is -0.378 e. The van der Waals surface area contributed by atoms with E-state index in [9.17, 15) is 4.79 Å². The summed E-state index contributed by atoms with van der Waals surface area (Å²) in [6.07, 6.45) is 0. The maximum Gasteiger partial charge on any atom is 0.274 e. The van der Waals surface area contributed by atoms with Gasteiger partial charge in [-0.15, -0.1) is 10.2 Å². The zero-order chi connectivity index (χ0) is 17.6. The minimum absolute atomic E-state index is 0.0819. The fraction of sp³-hybridized carbons (Fsp3) is 0.421. The molecule has 1 aliphatic heterocycles. The number of hydrogen-bond donors (Lipinski definition) is 0. The van der Waals surface area contributed by atoms with Crippen LogP contribution in [-0.4, -0.2) is 53.3 Å². The third-order valence-electron chi connectivity index (χ3n) is 4.28. The molecule has 6 nitrogen and oxygen atoms in total. The number of ether oxygens (including phenoxy) is 1. The van der Waals surface area contributed by atoms with E-state index in [2.05, 4.69) is 41.1 Å². The van der Waals surface area contributed by atoms with Crippen molar-refractivity contribution in [3.8, 4) is 0 Å². The van der Waals surface area contributed by atoms with Crippen molar-refractivity contribution in [3.05, 3.63) is 53.7 Å². The summed E-state index contributed by atoms with van der Waals surface area (Å²) in [6.45, 7) is 7.37. The van der Waals surface area contributed by atoms with Crippen LogP contribution in [0.25, 0.3) is 0 Å². The van der Waals surface area contributed by atoms with Gasteiger partial charge >= 0.3 is 0 Å². The monoisotopic (exact) mass is 340 g/mol. The van der Waals surface area contributed by atoms with E-state index in [0.29, 0.717) is 32.0 Å². The summed E-state index contributed by atoms with van der Waals surface area (Å²) >= 11 is 0. The second kappa shape index (κ2) is 8.07. The van der Waals surface area contributed by atoms with Crippen LogP contribution < -0.4 is 4.90 Å². The van der Waals surface area contributed by atoms with E-state index in [-0.39, 0.29) is 11.9 Å². The number of nitrogens with zero attached hydrogens (tertiary/aromatic N) is 4. The molecule has 0 N–H and O–H groups in total. The number of amides is 1. The molecule has 1 fully saturated rings. The smallest absolute Gasteiger partial charge is 0.274 e. The zero-order valence-electron chi connectivity index (χ0n) is 14.8. The number of rotatable bonds is 5. The lowest BCUT2D eigenvalue weighted by Crippen LogP contribution is -2.41. The van der Waals surface area contributed by atoms with Gasteiger partial charge in [0.15, 0.2) is 11.5 Å². The van der Waals surface area contributed by atoms with Gasteiger partial charge in [0.1, 0.15) is 0 Å². The second-order valence-corrected chi connectivity index (χ2v) is 6.39. The Bertz CT molecular complexity index is 682. The van der Waals surface area contributed by atoms with Crippen LogP contribution in [0.3, 0.4) is 0 Å². The Kier molecular flexibility index (Phi) is 5.60.